The summed E-state index contributed by atoms with van der Waals surface area (Å²) < 4.78 is 58.5. The smallest absolute Gasteiger partial charge is 0.360 e. The molecule has 1 saturated carbocycles. The molecule has 1 fully saturated rings. The Morgan fingerprint density at radius 1 is 1.07 bits per heavy atom. The maximum absolute atomic E-state index is 14.0. The third kappa shape index (κ3) is 4.86. The summed E-state index contributed by atoms with van der Waals surface area (Å²) in [6, 6.07) is 10.5. The van der Waals surface area contributed by atoms with Gasteiger partial charge >= 0.3 is 6.18 Å². The molecule has 3 nitrogen and oxygen atoms in total. The molecule has 0 aromatic heterocycles. The van der Waals surface area contributed by atoms with E-state index in [0.29, 0.717) is 23.8 Å². The summed E-state index contributed by atoms with van der Waals surface area (Å²) >= 11 is 0. The first-order chi connectivity index (χ1) is 12.8. The lowest BCUT2D eigenvalue weighted by atomic mass is 10.1. The summed E-state index contributed by atoms with van der Waals surface area (Å²) in [4.78, 5) is 12.7. The van der Waals surface area contributed by atoms with Crippen LogP contribution in [0.3, 0.4) is 0 Å². The van der Waals surface area contributed by atoms with Crippen LogP contribution in [0.5, 0.6) is 0 Å². The lowest BCUT2D eigenvalue weighted by molar-refractivity contribution is -0.137. The predicted octanol–water partition coefficient (Wildman–Crippen LogP) is 5.48. The topological polar surface area (TPSA) is 38.3 Å². The van der Waals surface area contributed by atoms with E-state index in [2.05, 4.69) is 5.32 Å². The molecule has 0 saturated heterocycles. The van der Waals surface area contributed by atoms with E-state index in [1.807, 2.05) is 0 Å². The average Bonchev–Trinajstić information content (AvgIpc) is 3.14. The van der Waals surface area contributed by atoms with Crippen LogP contribution in [0.15, 0.2) is 48.5 Å². The second-order valence-electron chi connectivity index (χ2n) is 6.51. The van der Waals surface area contributed by atoms with E-state index in [4.69, 9.17) is 4.74 Å². The highest BCUT2D eigenvalue weighted by Crippen LogP contribution is 2.33. The van der Waals surface area contributed by atoms with E-state index < -0.39 is 35.3 Å². The van der Waals surface area contributed by atoms with Crippen molar-refractivity contribution in [1.82, 2.24) is 0 Å². The van der Waals surface area contributed by atoms with E-state index in [1.54, 1.807) is 30.3 Å². The molecule has 1 unspecified atom stereocenters. The van der Waals surface area contributed by atoms with Crippen LogP contribution in [0.25, 0.3) is 0 Å². The number of amides is 1. The molecular formula is C20H19F4NO2. The van der Waals surface area contributed by atoms with Gasteiger partial charge in [-0.3, -0.25) is 4.79 Å². The molecule has 0 aliphatic heterocycles. The molecule has 1 aliphatic rings. The summed E-state index contributed by atoms with van der Waals surface area (Å²) in [5, 5.41) is 2.26. The van der Waals surface area contributed by atoms with E-state index >= 15 is 0 Å². The van der Waals surface area contributed by atoms with Crippen molar-refractivity contribution in [2.45, 2.75) is 44.1 Å². The lowest BCUT2D eigenvalue weighted by Crippen LogP contribution is -2.27. The third-order valence-electron chi connectivity index (χ3n) is 4.52. The highest BCUT2D eigenvalue weighted by molar-refractivity contribution is 5.95. The summed E-state index contributed by atoms with van der Waals surface area (Å²) in [7, 11) is 0. The Morgan fingerprint density at radius 2 is 1.74 bits per heavy atom. The quantitative estimate of drug-likeness (QED) is 0.696. The Kier molecular flexibility index (Phi) is 5.79. The minimum Gasteiger partial charge on any atom is -0.360 e. The van der Waals surface area contributed by atoms with Gasteiger partial charge in [0, 0.05) is 0 Å². The first-order valence-electron chi connectivity index (χ1n) is 8.72. The number of carbonyl (C=O) groups excluding carboxylic acids is 1. The number of alkyl halides is 3. The zero-order valence-corrected chi connectivity index (χ0v) is 14.4. The predicted molar refractivity (Wildman–Crippen MR) is 92.6 cm³/mol. The summed E-state index contributed by atoms with van der Waals surface area (Å²) in [5.74, 6) is -1.64. The fraction of sp³-hybridized carbons (Fsp3) is 0.350. The van der Waals surface area contributed by atoms with Crippen LogP contribution >= 0.6 is 0 Å². The van der Waals surface area contributed by atoms with Crippen molar-refractivity contribution in [3.05, 3.63) is 65.5 Å². The molecule has 27 heavy (non-hydrogen) atoms. The van der Waals surface area contributed by atoms with E-state index in [9.17, 15) is 22.4 Å². The molecule has 2 aromatic rings. The molecule has 1 amide bonds. The number of anilines is 1. The van der Waals surface area contributed by atoms with Crippen LogP contribution in [0.1, 0.15) is 42.9 Å². The zero-order chi connectivity index (χ0) is 19.4. The summed E-state index contributed by atoms with van der Waals surface area (Å²) in [5.41, 5.74) is -0.993. The molecule has 3 rings (SSSR count). The second-order valence-corrected chi connectivity index (χ2v) is 6.51. The standard InChI is InChI=1S/C20H19F4NO2/c21-16-11-10-14(20(22,23)24)12-17(16)25-19(26)18(13-6-2-1-3-7-13)27-15-8-4-5-9-15/h1-3,6-7,10-12,15,18H,4-5,8-9H2,(H,25,26). The Bertz CT molecular complexity index is 786. The number of ether oxygens (including phenoxy) is 1. The van der Waals surface area contributed by atoms with Gasteiger partial charge in [0.2, 0.25) is 0 Å². The van der Waals surface area contributed by atoms with Crippen LogP contribution in [-0.4, -0.2) is 12.0 Å². The second kappa shape index (κ2) is 8.08. The van der Waals surface area contributed by atoms with Crippen LogP contribution in [0.4, 0.5) is 23.2 Å². The van der Waals surface area contributed by atoms with Gasteiger partial charge in [-0.25, -0.2) is 4.39 Å². The first kappa shape index (κ1) is 19.4. The van der Waals surface area contributed by atoms with Crippen molar-refractivity contribution in [3.63, 3.8) is 0 Å². The van der Waals surface area contributed by atoms with Gasteiger partial charge in [0.05, 0.1) is 17.4 Å². The molecule has 0 radical (unpaired) electrons. The van der Waals surface area contributed by atoms with Gasteiger partial charge in [-0.2, -0.15) is 13.2 Å². The lowest BCUT2D eigenvalue weighted by Gasteiger charge is -2.22. The molecular weight excluding hydrogens is 362 g/mol. The van der Waals surface area contributed by atoms with Gasteiger partial charge in [-0.15, -0.1) is 0 Å². The third-order valence-corrected chi connectivity index (χ3v) is 4.52. The molecule has 0 heterocycles. The number of nitrogens with one attached hydrogen (secondary N) is 1. The largest absolute Gasteiger partial charge is 0.416 e. The fourth-order valence-electron chi connectivity index (χ4n) is 3.13. The maximum atomic E-state index is 14.0. The molecule has 2 aromatic carbocycles. The van der Waals surface area contributed by atoms with Crippen molar-refractivity contribution >= 4 is 11.6 Å². The van der Waals surface area contributed by atoms with Gasteiger partial charge in [0.25, 0.3) is 5.91 Å². The van der Waals surface area contributed by atoms with Gasteiger partial charge in [0.1, 0.15) is 5.82 Å². The van der Waals surface area contributed by atoms with Crippen molar-refractivity contribution in [2.24, 2.45) is 0 Å². The van der Waals surface area contributed by atoms with Crippen LogP contribution in [0, 0.1) is 5.82 Å². The molecule has 1 aliphatic carbocycles. The SMILES string of the molecule is O=C(Nc1cc(C(F)(F)F)ccc1F)C(OC1CCCC1)c1ccccc1. The highest BCUT2D eigenvalue weighted by Gasteiger charge is 2.32. The monoisotopic (exact) mass is 381 g/mol. The van der Waals surface area contributed by atoms with E-state index in [1.165, 1.54) is 0 Å². The number of hydrogen-bond donors (Lipinski definition) is 1. The van der Waals surface area contributed by atoms with Gasteiger partial charge in [-0.05, 0) is 36.6 Å². The van der Waals surface area contributed by atoms with Crippen molar-refractivity contribution in [2.75, 3.05) is 5.32 Å². The highest BCUT2D eigenvalue weighted by atomic mass is 19.4. The molecule has 144 valence electrons. The maximum Gasteiger partial charge on any atom is 0.416 e. The number of rotatable bonds is 5. The molecule has 0 spiro atoms. The molecule has 0 bridgehead atoms. The van der Waals surface area contributed by atoms with Gasteiger partial charge in [0.15, 0.2) is 6.10 Å². The van der Waals surface area contributed by atoms with Gasteiger partial charge < -0.3 is 10.1 Å². The average molecular weight is 381 g/mol. The Labute approximate surface area is 154 Å². The summed E-state index contributed by atoms with van der Waals surface area (Å²) in [6.07, 6.45) is -2.14. The normalized spacial score (nSPS) is 16.3. The zero-order valence-electron chi connectivity index (χ0n) is 14.4. The van der Waals surface area contributed by atoms with E-state index in [0.717, 1.165) is 25.7 Å². The van der Waals surface area contributed by atoms with Crippen molar-refractivity contribution in [3.8, 4) is 0 Å². The number of hydrogen-bond acceptors (Lipinski definition) is 2. The fourth-order valence-corrected chi connectivity index (χ4v) is 3.13. The minimum absolute atomic E-state index is 0.104. The Hall–Kier alpha value is -2.41. The van der Waals surface area contributed by atoms with Crippen LogP contribution < -0.4 is 5.32 Å². The minimum atomic E-state index is -4.63. The Morgan fingerprint density at radius 3 is 2.37 bits per heavy atom. The van der Waals surface area contributed by atoms with E-state index in [-0.39, 0.29) is 6.10 Å². The number of benzene rings is 2. The molecule has 7 heteroatoms. The molecule has 1 atom stereocenters. The Balaban J connectivity index is 1.84. The number of carbonyl (C=O) groups is 1. The molecule has 1 N–H and O–H groups in total. The van der Waals surface area contributed by atoms with Crippen molar-refractivity contribution < 1.29 is 27.1 Å². The van der Waals surface area contributed by atoms with Crippen LogP contribution in [0.2, 0.25) is 0 Å². The summed E-state index contributed by atoms with van der Waals surface area (Å²) in [6.45, 7) is 0. The van der Waals surface area contributed by atoms with Crippen LogP contribution in [-0.2, 0) is 15.7 Å². The van der Waals surface area contributed by atoms with Gasteiger partial charge in [-0.1, -0.05) is 43.2 Å². The number of halogens is 4. The van der Waals surface area contributed by atoms with Crippen molar-refractivity contribution in [1.29, 1.82) is 0 Å². The first-order valence-corrected chi connectivity index (χ1v) is 8.72.